The number of carbonyl (C=O) groups is 1. The molecule has 0 fully saturated rings. The first-order valence-corrected chi connectivity index (χ1v) is 7.95. The summed E-state index contributed by atoms with van der Waals surface area (Å²) in [7, 11) is 0. The van der Waals surface area contributed by atoms with Crippen molar-refractivity contribution in [2.75, 3.05) is 25.1 Å². The molecule has 0 heterocycles. The Hall–Kier alpha value is -1.35. The highest BCUT2D eigenvalue weighted by Crippen LogP contribution is 2.17. The van der Waals surface area contributed by atoms with Gasteiger partial charge in [-0.25, -0.2) is 0 Å². The number of Topliss-reactive ketones (excluding diaryl/α,β-unsaturated/α-hetero) is 1. The van der Waals surface area contributed by atoms with Gasteiger partial charge in [0.25, 0.3) is 0 Å². The number of ether oxygens (including phenoxy) is 1. The van der Waals surface area contributed by atoms with Crippen LogP contribution >= 0.6 is 0 Å². The topological polar surface area (TPSA) is 38.3 Å². The van der Waals surface area contributed by atoms with Crippen LogP contribution in [0.1, 0.15) is 52.0 Å². The first-order valence-electron chi connectivity index (χ1n) is 7.95. The Balaban J connectivity index is 2.08. The second-order valence-corrected chi connectivity index (χ2v) is 6.08. The molecule has 0 saturated carbocycles. The standard InChI is InChI=1S/C18H29NO2/c1-14(2)16-7-9-17(10-8-16)19-11-5-6-12-21-13-18(20)15(3)4/h7-10,14-15,19H,5-6,11-13H2,1-4H3. The maximum atomic E-state index is 11.4. The van der Waals surface area contributed by atoms with E-state index in [1.54, 1.807) is 0 Å². The molecule has 1 aromatic carbocycles. The van der Waals surface area contributed by atoms with E-state index in [1.165, 1.54) is 5.56 Å². The van der Waals surface area contributed by atoms with Crippen molar-refractivity contribution in [1.29, 1.82) is 0 Å². The minimum Gasteiger partial charge on any atom is -0.385 e. The van der Waals surface area contributed by atoms with Crippen molar-refractivity contribution in [3.8, 4) is 0 Å². The number of rotatable bonds is 10. The third kappa shape index (κ3) is 7.28. The lowest BCUT2D eigenvalue weighted by atomic mass is 10.0. The van der Waals surface area contributed by atoms with Gasteiger partial charge in [0.15, 0.2) is 5.78 Å². The fourth-order valence-corrected chi connectivity index (χ4v) is 1.89. The summed E-state index contributed by atoms with van der Waals surface area (Å²) in [4.78, 5) is 11.4. The van der Waals surface area contributed by atoms with Crippen molar-refractivity contribution >= 4 is 11.5 Å². The molecule has 3 nitrogen and oxygen atoms in total. The molecule has 0 saturated heterocycles. The number of unbranched alkanes of at least 4 members (excludes halogenated alkanes) is 1. The lowest BCUT2D eigenvalue weighted by Gasteiger charge is -2.09. The molecule has 0 aliphatic carbocycles. The number of benzene rings is 1. The monoisotopic (exact) mass is 291 g/mol. The zero-order chi connectivity index (χ0) is 15.7. The van der Waals surface area contributed by atoms with E-state index in [2.05, 4.69) is 43.4 Å². The summed E-state index contributed by atoms with van der Waals surface area (Å²) in [6.45, 7) is 10.1. The summed E-state index contributed by atoms with van der Waals surface area (Å²) in [6, 6.07) is 8.61. The van der Waals surface area contributed by atoms with Crippen LogP contribution in [-0.2, 0) is 9.53 Å². The lowest BCUT2D eigenvalue weighted by Crippen LogP contribution is -2.15. The molecule has 0 aliphatic rings. The fourth-order valence-electron chi connectivity index (χ4n) is 1.89. The van der Waals surface area contributed by atoms with Crippen LogP contribution in [0.3, 0.4) is 0 Å². The zero-order valence-electron chi connectivity index (χ0n) is 13.8. The molecule has 0 aromatic heterocycles. The van der Waals surface area contributed by atoms with Gasteiger partial charge in [-0.05, 0) is 36.5 Å². The van der Waals surface area contributed by atoms with Gasteiger partial charge in [-0.2, -0.15) is 0 Å². The third-order valence-electron chi connectivity index (χ3n) is 3.51. The summed E-state index contributed by atoms with van der Waals surface area (Å²) in [6.07, 6.45) is 2.02. The number of hydrogen-bond acceptors (Lipinski definition) is 3. The van der Waals surface area contributed by atoms with E-state index in [4.69, 9.17) is 4.74 Å². The van der Waals surface area contributed by atoms with Gasteiger partial charge in [0.05, 0.1) is 0 Å². The minimum atomic E-state index is 0.0699. The van der Waals surface area contributed by atoms with Crippen molar-refractivity contribution in [3.05, 3.63) is 29.8 Å². The van der Waals surface area contributed by atoms with Crippen LogP contribution in [0, 0.1) is 5.92 Å². The molecule has 1 aromatic rings. The maximum absolute atomic E-state index is 11.4. The molecule has 0 amide bonds. The molecule has 0 radical (unpaired) electrons. The lowest BCUT2D eigenvalue weighted by molar-refractivity contribution is -0.126. The normalized spacial score (nSPS) is 11.1. The Kier molecular flexibility index (Phi) is 8.06. The van der Waals surface area contributed by atoms with Crippen LogP contribution in [0.4, 0.5) is 5.69 Å². The molecule has 21 heavy (non-hydrogen) atoms. The Labute approximate surface area is 129 Å². The number of anilines is 1. The van der Waals surface area contributed by atoms with Crippen molar-refractivity contribution < 1.29 is 9.53 Å². The van der Waals surface area contributed by atoms with E-state index < -0.39 is 0 Å². The zero-order valence-corrected chi connectivity index (χ0v) is 13.8. The Morgan fingerprint density at radius 2 is 1.76 bits per heavy atom. The van der Waals surface area contributed by atoms with E-state index >= 15 is 0 Å². The van der Waals surface area contributed by atoms with Crippen molar-refractivity contribution in [2.45, 2.75) is 46.5 Å². The molecular formula is C18H29NO2. The van der Waals surface area contributed by atoms with Crippen LogP contribution < -0.4 is 5.32 Å². The van der Waals surface area contributed by atoms with Crippen LogP contribution in [-0.4, -0.2) is 25.5 Å². The van der Waals surface area contributed by atoms with Crippen LogP contribution in [0.2, 0.25) is 0 Å². The van der Waals surface area contributed by atoms with Crippen LogP contribution in [0.5, 0.6) is 0 Å². The van der Waals surface area contributed by atoms with Crippen molar-refractivity contribution in [3.63, 3.8) is 0 Å². The van der Waals surface area contributed by atoms with E-state index in [9.17, 15) is 4.79 Å². The van der Waals surface area contributed by atoms with E-state index in [0.717, 1.165) is 25.1 Å². The van der Waals surface area contributed by atoms with Gasteiger partial charge in [0.2, 0.25) is 0 Å². The molecule has 1 rings (SSSR count). The van der Waals surface area contributed by atoms with E-state index in [-0.39, 0.29) is 18.3 Å². The van der Waals surface area contributed by atoms with E-state index in [0.29, 0.717) is 12.5 Å². The average molecular weight is 291 g/mol. The predicted molar refractivity (Wildman–Crippen MR) is 88.9 cm³/mol. The van der Waals surface area contributed by atoms with Gasteiger partial charge in [0.1, 0.15) is 6.61 Å². The van der Waals surface area contributed by atoms with Gasteiger partial charge >= 0.3 is 0 Å². The number of carbonyl (C=O) groups excluding carboxylic acids is 1. The highest BCUT2D eigenvalue weighted by molar-refractivity contribution is 5.81. The Bertz CT molecular complexity index is 410. The summed E-state index contributed by atoms with van der Waals surface area (Å²) < 4.78 is 5.37. The number of ketones is 1. The minimum absolute atomic E-state index is 0.0699. The Morgan fingerprint density at radius 3 is 2.33 bits per heavy atom. The first-order chi connectivity index (χ1) is 10.0. The van der Waals surface area contributed by atoms with Gasteiger partial charge in [0, 0.05) is 24.8 Å². The van der Waals surface area contributed by atoms with E-state index in [1.807, 2.05) is 13.8 Å². The smallest absolute Gasteiger partial charge is 0.160 e. The maximum Gasteiger partial charge on any atom is 0.160 e. The van der Waals surface area contributed by atoms with Gasteiger partial charge in [-0.3, -0.25) is 4.79 Å². The van der Waals surface area contributed by atoms with Gasteiger partial charge in [-0.1, -0.05) is 39.8 Å². The van der Waals surface area contributed by atoms with Crippen LogP contribution in [0.25, 0.3) is 0 Å². The molecule has 0 unspecified atom stereocenters. The van der Waals surface area contributed by atoms with Crippen molar-refractivity contribution in [1.82, 2.24) is 0 Å². The molecular weight excluding hydrogens is 262 g/mol. The van der Waals surface area contributed by atoms with Crippen molar-refractivity contribution in [2.24, 2.45) is 5.92 Å². The molecule has 118 valence electrons. The summed E-state index contributed by atoms with van der Waals surface area (Å²) >= 11 is 0. The highest BCUT2D eigenvalue weighted by Gasteiger charge is 2.06. The SMILES string of the molecule is CC(C)C(=O)COCCCCNc1ccc(C(C)C)cc1. The second-order valence-electron chi connectivity index (χ2n) is 6.08. The summed E-state index contributed by atoms with van der Waals surface area (Å²) in [5.74, 6) is 0.823. The molecule has 0 spiro atoms. The molecule has 3 heteroatoms. The summed E-state index contributed by atoms with van der Waals surface area (Å²) in [5.41, 5.74) is 2.53. The quantitative estimate of drug-likeness (QED) is 0.655. The Morgan fingerprint density at radius 1 is 1.10 bits per heavy atom. The predicted octanol–water partition coefficient (Wildman–Crippen LogP) is 4.24. The number of hydrogen-bond donors (Lipinski definition) is 1. The number of nitrogens with one attached hydrogen (secondary N) is 1. The largest absolute Gasteiger partial charge is 0.385 e. The molecule has 0 bridgehead atoms. The average Bonchev–Trinajstić information content (AvgIpc) is 2.46. The molecule has 1 N–H and O–H groups in total. The molecule has 0 aliphatic heterocycles. The molecule has 0 atom stereocenters. The second kappa shape index (κ2) is 9.56. The summed E-state index contributed by atoms with van der Waals surface area (Å²) in [5, 5.41) is 3.41. The van der Waals surface area contributed by atoms with Gasteiger partial charge < -0.3 is 10.1 Å². The first kappa shape index (κ1) is 17.7. The van der Waals surface area contributed by atoms with Crippen LogP contribution in [0.15, 0.2) is 24.3 Å². The fraction of sp³-hybridized carbons (Fsp3) is 0.611. The van der Waals surface area contributed by atoms with Gasteiger partial charge in [-0.15, -0.1) is 0 Å². The third-order valence-corrected chi connectivity index (χ3v) is 3.51. The highest BCUT2D eigenvalue weighted by atomic mass is 16.5.